The number of aryl methyl sites for hydroxylation is 1. The van der Waals surface area contributed by atoms with E-state index >= 15 is 0 Å². The maximum absolute atomic E-state index is 11.0. The normalized spacial score (nSPS) is 16.7. The van der Waals surface area contributed by atoms with Crippen LogP contribution in [-0.4, -0.2) is 17.7 Å². The number of hydrogen-bond donors (Lipinski definition) is 1. The van der Waals surface area contributed by atoms with Gasteiger partial charge in [-0.3, -0.25) is 0 Å². The summed E-state index contributed by atoms with van der Waals surface area (Å²) in [5, 5.41) is 9.06. The van der Waals surface area contributed by atoms with Gasteiger partial charge in [-0.05, 0) is 25.3 Å². The molecule has 0 atom stereocenters. The number of hydrogen-bond acceptors (Lipinski definition) is 3. The molecule has 0 bridgehead atoms. The fourth-order valence-corrected chi connectivity index (χ4v) is 3.35. The van der Waals surface area contributed by atoms with Crippen molar-refractivity contribution in [2.75, 3.05) is 6.61 Å². The first-order valence-electron chi connectivity index (χ1n) is 6.63. The van der Waals surface area contributed by atoms with Crippen LogP contribution in [0.1, 0.15) is 53.1 Å². The molecule has 3 nitrogen and oxygen atoms in total. The molecule has 0 radical (unpaired) electrons. The monoisotopic (exact) mass is 268 g/mol. The van der Waals surface area contributed by atoms with Gasteiger partial charge >= 0.3 is 5.97 Å². The Morgan fingerprint density at radius 3 is 2.83 bits per heavy atom. The van der Waals surface area contributed by atoms with Crippen molar-refractivity contribution in [2.45, 2.75) is 45.4 Å². The van der Waals surface area contributed by atoms with Crippen LogP contribution in [0.3, 0.4) is 0 Å². The van der Waals surface area contributed by atoms with Crippen LogP contribution in [0.5, 0.6) is 5.75 Å². The summed E-state index contributed by atoms with van der Waals surface area (Å²) < 4.78 is 5.65. The molecule has 1 fully saturated rings. The molecular formula is C14H20O3S. The Morgan fingerprint density at radius 1 is 1.44 bits per heavy atom. The molecule has 18 heavy (non-hydrogen) atoms. The van der Waals surface area contributed by atoms with Crippen molar-refractivity contribution in [1.29, 1.82) is 0 Å². The summed E-state index contributed by atoms with van der Waals surface area (Å²) in [6.45, 7) is 2.55. The minimum absolute atomic E-state index is 0.330. The van der Waals surface area contributed by atoms with E-state index in [-0.39, 0.29) is 0 Å². The lowest BCUT2D eigenvalue weighted by atomic mass is 9.87. The van der Waals surface area contributed by atoms with Crippen LogP contribution in [0, 0.1) is 12.8 Å². The van der Waals surface area contributed by atoms with E-state index in [9.17, 15) is 4.79 Å². The lowest BCUT2D eigenvalue weighted by Gasteiger charge is -2.21. The van der Waals surface area contributed by atoms with Gasteiger partial charge in [0.25, 0.3) is 0 Å². The first-order valence-corrected chi connectivity index (χ1v) is 7.45. The van der Waals surface area contributed by atoms with E-state index in [1.54, 1.807) is 0 Å². The molecule has 2 rings (SSSR count). The van der Waals surface area contributed by atoms with E-state index in [4.69, 9.17) is 9.84 Å². The Labute approximate surface area is 112 Å². The molecule has 1 saturated carbocycles. The lowest BCUT2D eigenvalue weighted by Crippen LogP contribution is -2.11. The van der Waals surface area contributed by atoms with Crippen LogP contribution in [-0.2, 0) is 0 Å². The summed E-state index contributed by atoms with van der Waals surface area (Å²) in [4.78, 5) is 12.3. The predicted molar refractivity (Wildman–Crippen MR) is 72.7 cm³/mol. The molecule has 1 aliphatic rings. The molecule has 1 aromatic heterocycles. The van der Waals surface area contributed by atoms with Gasteiger partial charge in [-0.15, -0.1) is 11.3 Å². The molecule has 1 heterocycles. The van der Waals surface area contributed by atoms with Crippen LogP contribution < -0.4 is 4.74 Å². The SMILES string of the molecule is Cc1cc(OCCC2CCCCC2)c(C(=O)O)s1. The van der Waals surface area contributed by atoms with Crippen LogP contribution in [0.15, 0.2) is 6.07 Å². The largest absolute Gasteiger partial charge is 0.492 e. The zero-order chi connectivity index (χ0) is 13.0. The zero-order valence-electron chi connectivity index (χ0n) is 10.8. The second-order valence-electron chi connectivity index (χ2n) is 5.00. The number of ether oxygens (including phenoxy) is 1. The number of carboxylic acid groups (broad SMARTS) is 1. The second-order valence-corrected chi connectivity index (χ2v) is 6.25. The standard InChI is InChI=1S/C14H20O3S/c1-10-9-12(13(18-10)14(15)16)17-8-7-11-5-3-2-4-6-11/h9,11H,2-8H2,1H3,(H,15,16). The molecule has 0 aromatic carbocycles. The Hall–Kier alpha value is -1.03. The van der Waals surface area contributed by atoms with Crippen molar-refractivity contribution in [1.82, 2.24) is 0 Å². The topological polar surface area (TPSA) is 46.5 Å². The maximum Gasteiger partial charge on any atom is 0.349 e. The minimum atomic E-state index is -0.888. The third-order valence-electron chi connectivity index (χ3n) is 3.52. The summed E-state index contributed by atoms with van der Waals surface area (Å²) >= 11 is 1.28. The highest BCUT2D eigenvalue weighted by atomic mass is 32.1. The van der Waals surface area contributed by atoms with E-state index < -0.39 is 5.97 Å². The average molecular weight is 268 g/mol. The van der Waals surface area contributed by atoms with Gasteiger partial charge in [-0.25, -0.2) is 4.79 Å². The number of carbonyl (C=O) groups is 1. The summed E-state index contributed by atoms with van der Waals surface area (Å²) in [5.41, 5.74) is 0. The first kappa shape index (κ1) is 13.4. The van der Waals surface area contributed by atoms with Crippen LogP contribution in [0.4, 0.5) is 0 Å². The van der Waals surface area contributed by atoms with E-state index in [1.807, 2.05) is 13.0 Å². The Balaban J connectivity index is 1.84. The predicted octanol–water partition coefficient (Wildman–Crippen LogP) is 4.10. The number of thiophene rings is 1. The molecule has 4 heteroatoms. The van der Waals surface area contributed by atoms with Gasteiger partial charge in [-0.2, -0.15) is 0 Å². The molecular weight excluding hydrogens is 248 g/mol. The second kappa shape index (κ2) is 6.23. The van der Waals surface area contributed by atoms with Gasteiger partial charge in [0.15, 0.2) is 4.88 Å². The van der Waals surface area contributed by atoms with Gasteiger partial charge in [0.2, 0.25) is 0 Å². The number of aromatic carboxylic acids is 1. The average Bonchev–Trinajstić information content (AvgIpc) is 2.72. The highest BCUT2D eigenvalue weighted by molar-refractivity contribution is 7.14. The molecule has 100 valence electrons. The smallest absolute Gasteiger partial charge is 0.349 e. The molecule has 0 spiro atoms. The molecule has 1 N–H and O–H groups in total. The number of carboxylic acids is 1. The molecule has 0 unspecified atom stereocenters. The van der Waals surface area contributed by atoms with Crippen molar-refractivity contribution in [3.8, 4) is 5.75 Å². The summed E-state index contributed by atoms with van der Waals surface area (Å²) in [6.07, 6.45) is 7.69. The van der Waals surface area contributed by atoms with Gasteiger partial charge in [0.05, 0.1) is 6.61 Å². The van der Waals surface area contributed by atoms with Crippen LogP contribution >= 0.6 is 11.3 Å². The summed E-state index contributed by atoms with van der Waals surface area (Å²) in [7, 11) is 0. The molecule has 0 saturated heterocycles. The highest BCUT2D eigenvalue weighted by Gasteiger charge is 2.17. The van der Waals surface area contributed by atoms with Crippen LogP contribution in [0.25, 0.3) is 0 Å². The molecule has 0 amide bonds. The van der Waals surface area contributed by atoms with E-state index in [0.717, 1.165) is 17.2 Å². The summed E-state index contributed by atoms with van der Waals surface area (Å²) in [6, 6.07) is 1.83. The van der Waals surface area contributed by atoms with Crippen molar-refractivity contribution < 1.29 is 14.6 Å². The van der Waals surface area contributed by atoms with Crippen molar-refractivity contribution in [2.24, 2.45) is 5.92 Å². The minimum Gasteiger partial charge on any atom is -0.492 e. The van der Waals surface area contributed by atoms with Crippen molar-refractivity contribution in [3.63, 3.8) is 0 Å². The maximum atomic E-state index is 11.0. The Bertz CT molecular complexity index is 405. The third kappa shape index (κ3) is 3.48. The van der Waals surface area contributed by atoms with E-state index in [0.29, 0.717) is 17.2 Å². The first-order chi connectivity index (χ1) is 8.66. The lowest BCUT2D eigenvalue weighted by molar-refractivity contribution is 0.0697. The fourth-order valence-electron chi connectivity index (χ4n) is 2.56. The third-order valence-corrected chi connectivity index (χ3v) is 4.54. The quantitative estimate of drug-likeness (QED) is 0.874. The van der Waals surface area contributed by atoms with Crippen molar-refractivity contribution in [3.05, 3.63) is 15.8 Å². The highest BCUT2D eigenvalue weighted by Crippen LogP contribution is 2.30. The number of rotatable bonds is 5. The molecule has 1 aromatic rings. The van der Waals surface area contributed by atoms with Gasteiger partial charge < -0.3 is 9.84 Å². The van der Waals surface area contributed by atoms with E-state index in [1.165, 1.54) is 43.4 Å². The zero-order valence-corrected chi connectivity index (χ0v) is 11.6. The Kier molecular flexibility index (Phi) is 4.64. The molecule has 1 aliphatic carbocycles. The van der Waals surface area contributed by atoms with Gasteiger partial charge in [0.1, 0.15) is 5.75 Å². The fraction of sp³-hybridized carbons (Fsp3) is 0.643. The summed E-state index contributed by atoms with van der Waals surface area (Å²) in [5.74, 6) is 0.424. The van der Waals surface area contributed by atoms with Crippen LogP contribution in [0.2, 0.25) is 0 Å². The van der Waals surface area contributed by atoms with Crippen molar-refractivity contribution >= 4 is 17.3 Å². The van der Waals surface area contributed by atoms with Gasteiger partial charge in [-0.1, -0.05) is 32.1 Å². The van der Waals surface area contributed by atoms with Gasteiger partial charge in [0, 0.05) is 4.88 Å². The Morgan fingerprint density at radius 2 is 2.17 bits per heavy atom. The molecule has 0 aliphatic heterocycles. The van der Waals surface area contributed by atoms with E-state index in [2.05, 4.69) is 0 Å².